The summed E-state index contributed by atoms with van der Waals surface area (Å²) in [6, 6.07) is 4.91. The van der Waals surface area contributed by atoms with Crippen molar-refractivity contribution in [3.63, 3.8) is 0 Å². The van der Waals surface area contributed by atoms with Crippen molar-refractivity contribution in [2.75, 3.05) is 20.2 Å². The standard InChI is InChI=1S/C13H15NO4/c1-3-6-14(9-13(16)17)8-10-4-5-12(18-2)11(15)7-10/h1,4-5,7,15H,6,8-9H2,2H3,(H,16,17). The molecule has 5 nitrogen and oxygen atoms in total. The number of carboxylic acid groups (broad SMARTS) is 1. The van der Waals surface area contributed by atoms with E-state index in [1.165, 1.54) is 13.2 Å². The zero-order chi connectivity index (χ0) is 13.5. The Labute approximate surface area is 106 Å². The number of hydrogen-bond acceptors (Lipinski definition) is 4. The van der Waals surface area contributed by atoms with E-state index in [1.807, 2.05) is 0 Å². The molecule has 0 unspecified atom stereocenters. The SMILES string of the molecule is C#CCN(CC(=O)O)Cc1ccc(OC)c(O)c1. The van der Waals surface area contributed by atoms with Crippen LogP contribution < -0.4 is 4.74 Å². The first-order valence-electron chi connectivity index (χ1n) is 5.30. The van der Waals surface area contributed by atoms with Crippen LogP contribution in [0.4, 0.5) is 0 Å². The van der Waals surface area contributed by atoms with Crippen molar-refractivity contribution >= 4 is 5.97 Å². The van der Waals surface area contributed by atoms with Crippen molar-refractivity contribution in [1.82, 2.24) is 4.90 Å². The molecule has 0 fully saturated rings. The van der Waals surface area contributed by atoms with Gasteiger partial charge in [0.25, 0.3) is 0 Å². The van der Waals surface area contributed by atoms with Gasteiger partial charge in [-0.15, -0.1) is 6.42 Å². The van der Waals surface area contributed by atoms with Crippen LogP contribution in [-0.2, 0) is 11.3 Å². The Morgan fingerprint density at radius 3 is 2.78 bits per heavy atom. The summed E-state index contributed by atoms with van der Waals surface area (Å²) in [6.45, 7) is 0.449. The summed E-state index contributed by atoms with van der Waals surface area (Å²) in [7, 11) is 1.46. The zero-order valence-electron chi connectivity index (χ0n) is 10.1. The first kappa shape index (κ1) is 13.9. The average Bonchev–Trinajstić information content (AvgIpc) is 2.28. The first-order valence-corrected chi connectivity index (χ1v) is 5.30. The van der Waals surface area contributed by atoms with E-state index in [0.717, 1.165) is 5.56 Å². The van der Waals surface area contributed by atoms with Crippen molar-refractivity contribution in [1.29, 1.82) is 0 Å². The number of aliphatic carboxylic acids is 1. The Bertz CT molecular complexity index is 465. The van der Waals surface area contributed by atoms with Crippen LogP contribution in [0, 0.1) is 12.3 Å². The van der Waals surface area contributed by atoms with Crippen molar-refractivity contribution in [3.05, 3.63) is 23.8 Å². The lowest BCUT2D eigenvalue weighted by Gasteiger charge is -2.17. The summed E-state index contributed by atoms with van der Waals surface area (Å²) < 4.78 is 4.93. The van der Waals surface area contributed by atoms with Crippen LogP contribution in [0.1, 0.15) is 5.56 Å². The van der Waals surface area contributed by atoms with Crippen LogP contribution >= 0.6 is 0 Å². The zero-order valence-corrected chi connectivity index (χ0v) is 10.1. The maximum absolute atomic E-state index is 10.7. The fourth-order valence-electron chi connectivity index (χ4n) is 1.58. The van der Waals surface area contributed by atoms with E-state index < -0.39 is 5.97 Å². The van der Waals surface area contributed by atoms with Gasteiger partial charge >= 0.3 is 5.97 Å². The Kier molecular flexibility index (Phi) is 5.03. The molecule has 0 heterocycles. The second kappa shape index (κ2) is 6.52. The van der Waals surface area contributed by atoms with E-state index >= 15 is 0 Å². The molecule has 2 N–H and O–H groups in total. The van der Waals surface area contributed by atoms with Crippen molar-refractivity contribution in [2.45, 2.75) is 6.54 Å². The van der Waals surface area contributed by atoms with Crippen molar-refractivity contribution < 1.29 is 19.7 Å². The third-order valence-corrected chi connectivity index (χ3v) is 2.32. The monoisotopic (exact) mass is 249 g/mol. The summed E-state index contributed by atoms with van der Waals surface area (Å²) >= 11 is 0. The van der Waals surface area contributed by atoms with Crippen molar-refractivity contribution in [3.8, 4) is 23.8 Å². The predicted molar refractivity (Wildman–Crippen MR) is 66.4 cm³/mol. The summed E-state index contributed by atoms with van der Waals surface area (Å²) in [6.07, 6.45) is 5.18. The first-order chi connectivity index (χ1) is 8.56. The number of benzene rings is 1. The van der Waals surface area contributed by atoms with Gasteiger partial charge in [-0.05, 0) is 17.7 Å². The molecule has 5 heteroatoms. The molecule has 0 radical (unpaired) electrons. The molecule has 96 valence electrons. The fourth-order valence-corrected chi connectivity index (χ4v) is 1.58. The van der Waals surface area contributed by atoms with E-state index in [2.05, 4.69) is 5.92 Å². The molecule has 0 atom stereocenters. The molecular weight excluding hydrogens is 234 g/mol. The molecule has 0 saturated heterocycles. The van der Waals surface area contributed by atoms with Crippen LogP contribution in [0.15, 0.2) is 18.2 Å². The van der Waals surface area contributed by atoms with Gasteiger partial charge in [-0.1, -0.05) is 12.0 Å². The fraction of sp³-hybridized carbons (Fsp3) is 0.308. The number of rotatable bonds is 6. The average molecular weight is 249 g/mol. The molecule has 0 aliphatic rings. The van der Waals surface area contributed by atoms with Gasteiger partial charge in [0.2, 0.25) is 0 Å². The van der Waals surface area contributed by atoms with Gasteiger partial charge in [0.15, 0.2) is 11.5 Å². The topological polar surface area (TPSA) is 70.0 Å². The summed E-state index contributed by atoms with van der Waals surface area (Å²) in [4.78, 5) is 12.2. The van der Waals surface area contributed by atoms with Gasteiger partial charge in [0, 0.05) is 6.54 Å². The van der Waals surface area contributed by atoms with E-state index in [4.69, 9.17) is 16.3 Å². The minimum atomic E-state index is -0.942. The molecule has 0 aromatic heterocycles. The maximum atomic E-state index is 10.7. The van der Waals surface area contributed by atoms with Gasteiger partial charge < -0.3 is 14.9 Å². The lowest BCUT2D eigenvalue weighted by atomic mass is 10.2. The van der Waals surface area contributed by atoms with E-state index in [9.17, 15) is 9.90 Å². The van der Waals surface area contributed by atoms with Crippen molar-refractivity contribution in [2.24, 2.45) is 0 Å². The van der Waals surface area contributed by atoms with Crippen LogP contribution in [0.2, 0.25) is 0 Å². The number of nitrogens with zero attached hydrogens (tertiary/aromatic N) is 1. The van der Waals surface area contributed by atoms with Crippen LogP contribution in [0.5, 0.6) is 11.5 Å². The number of terminal acetylenes is 1. The number of carbonyl (C=O) groups is 1. The van der Waals surface area contributed by atoms with Gasteiger partial charge in [-0.25, -0.2) is 0 Å². The van der Waals surface area contributed by atoms with Crippen LogP contribution in [-0.4, -0.2) is 41.3 Å². The number of aromatic hydroxyl groups is 1. The molecule has 1 aromatic rings. The maximum Gasteiger partial charge on any atom is 0.317 e. The summed E-state index contributed by atoms with van der Waals surface area (Å²) in [5.74, 6) is 1.86. The van der Waals surface area contributed by atoms with E-state index in [1.54, 1.807) is 17.0 Å². The molecule has 1 rings (SSSR count). The minimum absolute atomic E-state index is 0.0194. The number of methoxy groups -OCH3 is 1. The highest BCUT2D eigenvalue weighted by molar-refractivity contribution is 5.69. The van der Waals surface area contributed by atoms with Crippen LogP contribution in [0.3, 0.4) is 0 Å². The van der Waals surface area contributed by atoms with Gasteiger partial charge in [-0.3, -0.25) is 9.69 Å². The summed E-state index contributed by atoms with van der Waals surface area (Å²) in [5.41, 5.74) is 0.768. The molecule has 0 aliphatic carbocycles. The van der Waals surface area contributed by atoms with Gasteiger partial charge in [0.05, 0.1) is 20.2 Å². The molecule has 18 heavy (non-hydrogen) atoms. The normalized spacial score (nSPS) is 10.1. The second-order valence-corrected chi connectivity index (χ2v) is 3.75. The largest absolute Gasteiger partial charge is 0.504 e. The number of phenols is 1. The molecule has 0 amide bonds. The second-order valence-electron chi connectivity index (χ2n) is 3.75. The van der Waals surface area contributed by atoms with Crippen LogP contribution in [0.25, 0.3) is 0 Å². The Balaban J connectivity index is 2.77. The minimum Gasteiger partial charge on any atom is -0.504 e. The van der Waals surface area contributed by atoms with Gasteiger partial charge in [-0.2, -0.15) is 0 Å². The van der Waals surface area contributed by atoms with E-state index in [-0.39, 0.29) is 18.8 Å². The lowest BCUT2D eigenvalue weighted by molar-refractivity contribution is -0.138. The summed E-state index contributed by atoms with van der Waals surface area (Å²) in [5, 5.41) is 18.4. The highest BCUT2D eigenvalue weighted by atomic mass is 16.5. The van der Waals surface area contributed by atoms with Gasteiger partial charge in [0.1, 0.15) is 0 Å². The quantitative estimate of drug-likeness (QED) is 0.734. The Morgan fingerprint density at radius 2 is 2.28 bits per heavy atom. The third kappa shape index (κ3) is 4.00. The molecule has 0 bridgehead atoms. The lowest BCUT2D eigenvalue weighted by Crippen LogP contribution is -2.29. The molecule has 0 aliphatic heterocycles. The smallest absolute Gasteiger partial charge is 0.317 e. The predicted octanol–water partition coefficient (Wildman–Crippen LogP) is 0.921. The molecule has 0 spiro atoms. The number of phenolic OH excluding ortho intramolecular Hbond substituents is 1. The number of carboxylic acids is 1. The van der Waals surface area contributed by atoms with E-state index in [0.29, 0.717) is 12.3 Å². The highest BCUT2D eigenvalue weighted by Crippen LogP contribution is 2.26. The number of hydrogen-bond donors (Lipinski definition) is 2. The Hall–Kier alpha value is -2.19. The molecule has 0 saturated carbocycles. The molecular formula is C13H15NO4. The highest BCUT2D eigenvalue weighted by Gasteiger charge is 2.10. The third-order valence-electron chi connectivity index (χ3n) is 2.32. The number of ether oxygens (including phenoxy) is 1. The molecule has 1 aromatic carbocycles. The Morgan fingerprint density at radius 1 is 1.56 bits per heavy atom.